The van der Waals surface area contributed by atoms with Crippen LogP contribution in [-0.2, 0) is 11.3 Å². The predicted octanol–water partition coefficient (Wildman–Crippen LogP) is 5.18. The fourth-order valence-electron chi connectivity index (χ4n) is 6.75. The van der Waals surface area contributed by atoms with Gasteiger partial charge in [-0.15, -0.1) is 0 Å². The molecule has 0 unspecified atom stereocenters. The van der Waals surface area contributed by atoms with Gasteiger partial charge in [0, 0.05) is 25.2 Å². The summed E-state index contributed by atoms with van der Waals surface area (Å²) >= 11 is 0. The van der Waals surface area contributed by atoms with Gasteiger partial charge in [0.05, 0.1) is 22.8 Å². The number of benzene rings is 2. The number of hydrogen-bond acceptors (Lipinski definition) is 6. The molecule has 0 saturated heterocycles. The first-order valence-electron chi connectivity index (χ1n) is 16.6. The van der Waals surface area contributed by atoms with Crippen molar-refractivity contribution < 1.29 is 9.18 Å². The van der Waals surface area contributed by atoms with Gasteiger partial charge in [-0.05, 0) is 92.9 Å². The smallest absolute Gasteiger partial charge is 0.337 e. The molecule has 2 saturated carbocycles. The second-order valence-corrected chi connectivity index (χ2v) is 14.6. The number of amides is 1. The number of carbonyl (C=O) groups is 1. The lowest BCUT2D eigenvalue weighted by Gasteiger charge is -2.32. The van der Waals surface area contributed by atoms with Crippen LogP contribution in [0, 0.1) is 11.2 Å². The molecular formula is C37H45FN6O3. The van der Waals surface area contributed by atoms with Gasteiger partial charge in [0.2, 0.25) is 5.91 Å². The van der Waals surface area contributed by atoms with Gasteiger partial charge in [-0.2, -0.15) is 0 Å². The Balaban J connectivity index is 1.28. The second kappa shape index (κ2) is 12.8. The Morgan fingerprint density at radius 3 is 2.34 bits per heavy atom. The molecule has 0 spiro atoms. The Bertz CT molecular complexity index is 1890. The van der Waals surface area contributed by atoms with Crippen LogP contribution in [0.3, 0.4) is 0 Å². The van der Waals surface area contributed by atoms with Crippen LogP contribution in [0.15, 0.2) is 70.4 Å². The highest BCUT2D eigenvalue weighted by atomic mass is 19.1. The highest BCUT2D eigenvalue weighted by molar-refractivity contribution is 5.89. The number of nitrogens with one attached hydrogen (secondary N) is 2. The normalized spacial score (nSPS) is 19.2. The highest BCUT2D eigenvalue weighted by Gasteiger charge is 2.52. The van der Waals surface area contributed by atoms with E-state index < -0.39 is 22.6 Å². The Kier molecular flexibility index (Phi) is 8.93. The van der Waals surface area contributed by atoms with E-state index in [0.29, 0.717) is 31.4 Å². The van der Waals surface area contributed by atoms with Crippen molar-refractivity contribution in [2.24, 2.45) is 5.41 Å². The van der Waals surface area contributed by atoms with Crippen molar-refractivity contribution in [2.45, 2.75) is 83.5 Å². The lowest BCUT2D eigenvalue weighted by atomic mass is 9.90. The van der Waals surface area contributed by atoms with Crippen LogP contribution in [0.2, 0.25) is 0 Å². The third-order valence-electron chi connectivity index (χ3n) is 9.67. The third-order valence-corrected chi connectivity index (χ3v) is 9.67. The number of pyridine rings is 1. The Morgan fingerprint density at radius 2 is 1.70 bits per heavy atom. The number of aromatic nitrogens is 3. The molecule has 47 heavy (non-hydrogen) atoms. The van der Waals surface area contributed by atoms with Crippen molar-refractivity contribution in [1.29, 1.82) is 0 Å². The molecule has 0 radical (unpaired) electrons. The average Bonchev–Trinajstić information content (AvgIpc) is 3.85. The summed E-state index contributed by atoms with van der Waals surface area (Å²) in [5.74, 6) is -0.594. The van der Waals surface area contributed by atoms with E-state index in [0.717, 1.165) is 49.3 Å². The van der Waals surface area contributed by atoms with Gasteiger partial charge in [0.25, 0.3) is 5.56 Å². The van der Waals surface area contributed by atoms with Crippen molar-refractivity contribution in [3.8, 4) is 16.8 Å². The molecule has 6 rings (SSSR count). The van der Waals surface area contributed by atoms with E-state index in [9.17, 15) is 18.8 Å². The zero-order chi connectivity index (χ0) is 33.5. The van der Waals surface area contributed by atoms with E-state index in [1.54, 1.807) is 6.07 Å². The van der Waals surface area contributed by atoms with E-state index in [1.165, 1.54) is 14.7 Å². The largest absolute Gasteiger partial charge is 0.352 e. The molecule has 2 aromatic carbocycles. The summed E-state index contributed by atoms with van der Waals surface area (Å²) in [6.45, 7) is 8.28. The fourth-order valence-corrected chi connectivity index (χ4v) is 6.75. The molecule has 10 heteroatoms. The first-order valence-corrected chi connectivity index (χ1v) is 16.6. The number of rotatable bonds is 9. The maximum atomic E-state index is 14.5. The minimum absolute atomic E-state index is 0.0222. The molecule has 0 bridgehead atoms. The predicted molar refractivity (Wildman–Crippen MR) is 183 cm³/mol. The monoisotopic (exact) mass is 640 g/mol. The SMILES string of the molecule is CN(C)C1(C(=O)NC2CCC(n3c(=O)c4cc(F)cnc4n(-c4cccc(-c5ccc(CNCC(C)(C)C)cc5)c4)c3=O)CC2)CC1. The Morgan fingerprint density at radius 1 is 1.00 bits per heavy atom. The van der Waals surface area contributed by atoms with Gasteiger partial charge >= 0.3 is 5.69 Å². The van der Waals surface area contributed by atoms with Crippen LogP contribution in [-0.4, -0.2) is 57.1 Å². The maximum absolute atomic E-state index is 14.5. The molecular weight excluding hydrogens is 595 g/mol. The quantitative estimate of drug-likeness (QED) is 0.262. The van der Waals surface area contributed by atoms with Crippen LogP contribution in [0.5, 0.6) is 0 Å². The minimum atomic E-state index is -0.640. The number of nitrogens with zero attached hydrogens (tertiary/aromatic N) is 4. The van der Waals surface area contributed by atoms with Gasteiger partial charge in [0.1, 0.15) is 5.82 Å². The van der Waals surface area contributed by atoms with Crippen LogP contribution < -0.4 is 21.9 Å². The summed E-state index contributed by atoms with van der Waals surface area (Å²) in [4.78, 5) is 47.2. The molecule has 0 atom stereocenters. The molecule has 2 N–H and O–H groups in total. The average molecular weight is 641 g/mol. The van der Waals surface area contributed by atoms with Gasteiger partial charge in [-0.3, -0.25) is 19.1 Å². The molecule has 2 aliphatic rings. The summed E-state index contributed by atoms with van der Waals surface area (Å²) in [6.07, 6.45) is 5.09. The summed E-state index contributed by atoms with van der Waals surface area (Å²) in [5, 5.41) is 6.76. The van der Waals surface area contributed by atoms with E-state index in [4.69, 9.17) is 0 Å². The fraction of sp³-hybridized carbons (Fsp3) is 0.459. The number of likely N-dealkylation sites (N-methyl/N-ethyl adjacent to an activating group) is 1. The maximum Gasteiger partial charge on any atom is 0.337 e. The van der Waals surface area contributed by atoms with Gasteiger partial charge in [-0.25, -0.2) is 18.7 Å². The summed E-state index contributed by atoms with van der Waals surface area (Å²) in [5.41, 5.74) is 2.46. The minimum Gasteiger partial charge on any atom is -0.352 e. The molecule has 9 nitrogen and oxygen atoms in total. The number of halogens is 1. The first-order chi connectivity index (χ1) is 22.4. The third kappa shape index (κ3) is 6.80. The molecule has 2 fully saturated rings. The van der Waals surface area contributed by atoms with Crippen molar-refractivity contribution in [3.05, 3.63) is 93.0 Å². The number of fused-ring (bicyclic) bond motifs is 1. The molecule has 2 heterocycles. The molecule has 0 aliphatic heterocycles. The van der Waals surface area contributed by atoms with E-state index in [1.807, 2.05) is 37.2 Å². The van der Waals surface area contributed by atoms with Crippen molar-refractivity contribution in [1.82, 2.24) is 29.7 Å². The van der Waals surface area contributed by atoms with E-state index in [-0.39, 0.29) is 34.4 Å². The molecule has 1 amide bonds. The number of carbonyl (C=O) groups excluding carboxylic acids is 1. The van der Waals surface area contributed by atoms with Crippen molar-refractivity contribution in [2.75, 3.05) is 20.6 Å². The summed E-state index contributed by atoms with van der Waals surface area (Å²) in [7, 11) is 3.86. The second-order valence-electron chi connectivity index (χ2n) is 14.6. The molecule has 2 aliphatic carbocycles. The molecule has 248 valence electrons. The molecule has 4 aromatic rings. The summed E-state index contributed by atoms with van der Waals surface area (Å²) in [6, 6.07) is 16.6. The highest BCUT2D eigenvalue weighted by Crippen LogP contribution is 2.40. The summed E-state index contributed by atoms with van der Waals surface area (Å²) < 4.78 is 17.2. The van der Waals surface area contributed by atoms with Crippen LogP contribution in [0.4, 0.5) is 4.39 Å². The van der Waals surface area contributed by atoms with Crippen LogP contribution >= 0.6 is 0 Å². The first kappa shape index (κ1) is 32.8. The standard InChI is InChI=1S/C37H45FN6O3/c1-36(2,3)23-39-21-24-9-11-25(12-10-24)26-7-6-8-30(19-26)43-32-31(20-27(38)22-40-32)33(45)44(35(43)47)29-15-13-28(14-16-29)41-34(46)37(17-18-37)42(4)5/h6-12,19-20,22,28-29,39H,13-18,21,23H2,1-5H3,(H,41,46). The topological polar surface area (TPSA) is 101 Å². The van der Waals surface area contributed by atoms with Crippen LogP contribution in [0.1, 0.15) is 70.9 Å². The molecule has 2 aromatic heterocycles. The Hall–Kier alpha value is -4.15. The van der Waals surface area contributed by atoms with E-state index >= 15 is 0 Å². The number of hydrogen-bond donors (Lipinski definition) is 2. The van der Waals surface area contributed by atoms with Gasteiger partial charge in [-0.1, -0.05) is 57.2 Å². The lowest BCUT2D eigenvalue weighted by molar-refractivity contribution is -0.128. The zero-order valence-electron chi connectivity index (χ0n) is 28.0. The van der Waals surface area contributed by atoms with Crippen LogP contribution in [0.25, 0.3) is 27.8 Å². The van der Waals surface area contributed by atoms with Crippen molar-refractivity contribution >= 4 is 16.9 Å². The van der Waals surface area contributed by atoms with Crippen molar-refractivity contribution in [3.63, 3.8) is 0 Å². The van der Waals surface area contributed by atoms with Gasteiger partial charge < -0.3 is 10.6 Å². The van der Waals surface area contributed by atoms with Gasteiger partial charge in [0.15, 0.2) is 5.65 Å². The zero-order valence-corrected chi connectivity index (χ0v) is 28.0. The van der Waals surface area contributed by atoms with E-state index in [2.05, 4.69) is 60.7 Å². The Labute approximate surface area is 274 Å². The lowest BCUT2D eigenvalue weighted by Crippen LogP contribution is -2.50.